The third-order valence-corrected chi connectivity index (χ3v) is 3.59. The van der Waals surface area contributed by atoms with E-state index in [1.54, 1.807) is 22.9 Å². The van der Waals surface area contributed by atoms with Gasteiger partial charge in [-0.15, -0.1) is 0 Å². The normalized spacial score (nSPS) is 11.4. The SMILES string of the molecule is Cc1nc2cccnc2n2c(-c3cc(O)ccc3F)ncc12. The Morgan fingerprint density at radius 3 is 2.91 bits per heavy atom. The summed E-state index contributed by atoms with van der Waals surface area (Å²) < 4.78 is 15.9. The molecule has 0 aliphatic heterocycles. The van der Waals surface area contributed by atoms with Gasteiger partial charge >= 0.3 is 0 Å². The number of nitrogens with zero attached hydrogens (tertiary/aromatic N) is 4. The molecule has 0 radical (unpaired) electrons. The molecule has 0 spiro atoms. The topological polar surface area (TPSA) is 63.3 Å². The van der Waals surface area contributed by atoms with Gasteiger partial charge in [-0.3, -0.25) is 4.40 Å². The Balaban J connectivity index is 2.18. The molecule has 0 fully saturated rings. The maximum atomic E-state index is 14.2. The highest BCUT2D eigenvalue weighted by atomic mass is 19.1. The molecule has 4 aromatic rings. The van der Waals surface area contributed by atoms with Crippen molar-refractivity contribution in [3.05, 3.63) is 54.2 Å². The Kier molecular flexibility index (Phi) is 2.59. The van der Waals surface area contributed by atoms with E-state index >= 15 is 0 Å². The number of aryl methyl sites for hydroxylation is 1. The Morgan fingerprint density at radius 1 is 1.18 bits per heavy atom. The van der Waals surface area contributed by atoms with E-state index in [-0.39, 0.29) is 11.3 Å². The number of pyridine rings is 1. The van der Waals surface area contributed by atoms with E-state index in [1.807, 2.05) is 13.0 Å². The first-order chi connectivity index (χ1) is 10.6. The highest BCUT2D eigenvalue weighted by Gasteiger charge is 2.16. The quantitative estimate of drug-likeness (QED) is 0.586. The molecule has 108 valence electrons. The average Bonchev–Trinajstić information content (AvgIpc) is 2.95. The lowest BCUT2D eigenvalue weighted by molar-refractivity contribution is 0.473. The average molecular weight is 294 g/mol. The molecule has 22 heavy (non-hydrogen) atoms. The summed E-state index contributed by atoms with van der Waals surface area (Å²) in [4.78, 5) is 13.1. The maximum absolute atomic E-state index is 14.2. The third-order valence-electron chi connectivity index (χ3n) is 3.59. The predicted molar refractivity (Wildman–Crippen MR) is 80.1 cm³/mol. The lowest BCUT2D eigenvalue weighted by atomic mass is 10.2. The van der Waals surface area contributed by atoms with E-state index in [2.05, 4.69) is 15.0 Å². The fraction of sp³-hybridized carbons (Fsp3) is 0.0625. The van der Waals surface area contributed by atoms with Crippen LogP contribution in [0.5, 0.6) is 5.75 Å². The summed E-state index contributed by atoms with van der Waals surface area (Å²) in [5.41, 5.74) is 3.05. The van der Waals surface area contributed by atoms with E-state index in [0.29, 0.717) is 17.0 Å². The van der Waals surface area contributed by atoms with E-state index in [1.165, 1.54) is 18.2 Å². The Hall–Kier alpha value is -3.02. The van der Waals surface area contributed by atoms with Crippen molar-refractivity contribution >= 4 is 16.7 Å². The van der Waals surface area contributed by atoms with Gasteiger partial charge in [0.15, 0.2) is 5.65 Å². The van der Waals surface area contributed by atoms with Crippen molar-refractivity contribution < 1.29 is 9.50 Å². The molecular weight excluding hydrogens is 283 g/mol. The number of halogens is 1. The number of phenolic OH excluding ortho intramolecular Hbond substituents is 1. The number of aromatic hydroxyl groups is 1. The second kappa shape index (κ2) is 4.49. The van der Waals surface area contributed by atoms with Crippen molar-refractivity contribution in [3.63, 3.8) is 0 Å². The predicted octanol–water partition coefficient (Wildman–Crippen LogP) is 3.10. The minimum Gasteiger partial charge on any atom is -0.508 e. The van der Waals surface area contributed by atoms with E-state index < -0.39 is 5.82 Å². The van der Waals surface area contributed by atoms with E-state index in [0.717, 1.165) is 11.2 Å². The first kappa shape index (κ1) is 12.7. The minimum absolute atomic E-state index is 0.0174. The minimum atomic E-state index is -0.455. The van der Waals surface area contributed by atoms with Crippen LogP contribution in [-0.4, -0.2) is 24.5 Å². The molecule has 5 nitrogen and oxygen atoms in total. The molecule has 3 aromatic heterocycles. The number of benzene rings is 1. The van der Waals surface area contributed by atoms with Gasteiger partial charge < -0.3 is 5.11 Å². The number of phenols is 1. The van der Waals surface area contributed by atoms with Crippen LogP contribution < -0.4 is 0 Å². The molecule has 1 aromatic carbocycles. The number of hydrogen-bond donors (Lipinski definition) is 1. The molecule has 3 heterocycles. The van der Waals surface area contributed by atoms with Gasteiger partial charge in [-0.05, 0) is 37.3 Å². The zero-order chi connectivity index (χ0) is 15.3. The lowest BCUT2D eigenvalue weighted by Crippen LogP contribution is -1.99. The van der Waals surface area contributed by atoms with Crippen molar-refractivity contribution in [1.82, 2.24) is 19.4 Å². The van der Waals surface area contributed by atoms with Crippen LogP contribution in [0, 0.1) is 12.7 Å². The van der Waals surface area contributed by atoms with Crippen molar-refractivity contribution in [2.45, 2.75) is 6.92 Å². The number of aromatic nitrogens is 4. The van der Waals surface area contributed by atoms with Crippen molar-refractivity contribution in [2.75, 3.05) is 0 Å². The van der Waals surface area contributed by atoms with E-state index in [9.17, 15) is 9.50 Å². The van der Waals surface area contributed by atoms with Crippen molar-refractivity contribution in [3.8, 4) is 17.1 Å². The van der Waals surface area contributed by atoms with Gasteiger partial charge in [0.2, 0.25) is 0 Å². The van der Waals surface area contributed by atoms with Gasteiger partial charge in [-0.1, -0.05) is 0 Å². The van der Waals surface area contributed by atoms with Crippen LogP contribution in [0.1, 0.15) is 5.69 Å². The third kappa shape index (κ3) is 1.74. The fourth-order valence-electron chi connectivity index (χ4n) is 2.58. The smallest absolute Gasteiger partial charge is 0.164 e. The van der Waals surface area contributed by atoms with Gasteiger partial charge in [0, 0.05) is 6.20 Å². The Morgan fingerprint density at radius 2 is 2.05 bits per heavy atom. The highest BCUT2D eigenvalue weighted by molar-refractivity contribution is 5.79. The molecule has 0 saturated heterocycles. The van der Waals surface area contributed by atoms with Crippen molar-refractivity contribution in [2.24, 2.45) is 0 Å². The highest BCUT2D eigenvalue weighted by Crippen LogP contribution is 2.28. The summed E-state index contributed by atoms with van der Waals surface area (Å²) in [5.74, 6) is -0.0855. The molecule has 1 N–H and O–H groups in total. The summed E-state index contributed by atoms with van der Waals surface area (Å²) in [6, 6.07) is 7.52. The molecule has 6 heteroatoms. The number of imidazole rings is 1. The summed E-state index contributed by atoms with van der Waals surface area (Å²) >= 11 is 0. The number of rotatable bonds is 1. The summed E-state index contributed by atoms with van der Waals surface area (Å²) in [6.07, 6.45) is 3.29. The second-order valence-corrected chi connectivity index (χ2v) is 5.01. The van der Waals surface area contributed by atoms with Crippen molar-refractivity contribution in [1.29, 1.82) is 0 Å². The molecule has 0 saturated carbocycles. The fourth-order valence-corrected chi connectivity index (χ4v) is 2.58. The molecule has 0 unspecified atom stereocenters. The Bertz CT molecular complexity index is 1030. The van der Waals surface area contributed by atoms with Gasteiger partial charge in [0.1, 0.15) is 22.9 Å². The lowest BCUT2D eigenvalue weighted by Gasteiger charge is -2.08. The van der Waals surface area contributed by atoms with Gasteiger partial charge in [-0.25, -0.2) is 19.3 Å². The first-order valence-corrected chi connectivity index (χ1v) is 6.73. The van der Waals surface area contributed by atoms with Gasteiger partial charge in [0.05, 0.1) is 23.0 Å². The molecule has 0 amide bonds. The molecule has 0 aliphatic rings. The Labute approximate surface area is 124 Å². The van der Waals surface area contributed by atoms with Gasteiger partial charge in [-0.2, -0.15) is 0 Å². The monoisotopic (exact) mass is 294 g/mol. The first-order valence-electron chi connectivity index (χ1n) is 6.73. The van der Waals surface area contributed by atoms with Gasteiger partial charge in [0.25, 0.3) is 0 Å². The zero-order valence-corrected chi connectivity index (χ0v) is 11.7. The van der Waals surface area contributed by atoms with E-state index in [4.69, 9.17) is 0 Å². The van der Waals surface area contributed by atoms with Crippen LogP contribution in [0.4, 0.5) is 4.39 Å². The van der Waals surface area contributed by atoms with Crippen LogP contribution in [-0.2, 0) is 0 Å². The molecule has 0 atom stereocenters. The standard InChI is InChI=1S/C16H11FN4O/c1-9-14-8-19-15(11-7-10(22)4-5-12(11)17)21(14)16-13(20-9)3-2-6-18-16/h2-8,22H,1H3. The second-order valence-electron chi connectivity index (χ2n) is 5.01. The zero-order valence-electron chi connectivity index (χ0n) is 11.7. The maximum Gasteiger partial charge on any atom is 0.164 e. The number of hydrogen-bond acceptors (Lipinski definition) is 4. The summed E-state index contributed by atoms with van der Waals surface area (Å²) in [6.45, 7) is 1.87. The van der Waals surface area contributed by atoms with Crippen LogP contribution in [0.3, 0.4) is 0 Å². The number of fused-ring (bicyclic) bond motifs is 3. The van der Waals surface area contributed by atoms with Crippen LogP contribution in [0.15, 0.2) is 42.7 Å². The molecule has 0 bridgehead atoms. The summed E-state index contributed by atoms with van der Waals surface area (Å²) in [5, 5.41) is 9.64. The molecule has 0 aliphatic carbocycles. The van der Waals surface area contributed by atoms with Crippen LogP contribution in [0.2, 0.25) is 0 Å². The summed E-state index contributed by atoms with van der Waals surface area (Å²) in [7, 11) is 0. The van der Waals surface area contributed by atoms with Crippen LogP contribution >= 0.6 is 0 Å². The largest absolute Gasteiger partial charge is 0.508 e. The molecular formula is C16H11FN4O. The molecule has 4 rings (SSSR count). The van der Waals surface area contributed by atoms with Crippen LogP contribution in [0.25, 0.3) is 28.1 Å².